The first-order chi connectivity index (χ1) is 14.4. The molecule has 1 atom stereocenters. The second kappa shape index (κ2) is 8.49. The van der Waals surface area contributed by atoms with E-state index in [2.05, 4.69) is 4.98 Å². The molecule has 0 aliphatic carbocycles. The van der Waals surface area contributed by atoms with Gasteiger partial charge in [-0.3, -0.25) is 14.4 Å². The lowest BCUT2D eigenvalue weighted by atomic mass is 9.71. The average molecular weight is 409 g/mol. The Balaban J connectivity index is 2.00. The molecule has 0 amide bonds. The van der Waals surface area contributed by atoms with Crippen LogP contribution in [0.4, 0.5) is 0 Å². The first-order valence-corrected chi connectivity index (χ1v) is 9.56. The fourth-order valence-electron chi connectivity index (χ4n) is 3.65. The molecular formula is C23H23NO6. The summed E-state index contributed by atoms with van der Waals surface area (Å²) in [6.45, 7) is 3.17. The summed E-state index contributed by atoms with van der Waals surface area (Å²) >= 11 is 0. The maximum absolute atomic E-state index is 13.2. The smallest absolute Gasteiger partial charge is 0.323 e. The van der Waals surface area contributed by atoms with Gasteiger partial charge in [-0.15, -0.1) is 0 Å². The fourth-order valence-corrected chi connectivity index (χ4v) is 3.65. The third-order valence-corrected chi connectivity index (χ3v) is 5.48. The van der Waals surface area contributed by atoms with Crippen molar-refractivity contribution in [3.8, 4) is 11.5 Å². The number of ether oxygens (including phenoxy) is 2. The Morgan fingerprint density at radius 1 is 1.03 bits per heavy atom. The van der Waals surface area contributed by atoms with Gasteiger partial charge in [-0.2, -0.15) is 0 Å². The quantitative estimate of drug-likeness (QED) is 0.330. The van der Waals surface area contributed by atoms with Gasteiger partial charge < -0.3 is 13.9 Å². The first-order valence-electron chi connectivity index (χ1n) is 9.56. The molecule has 1 unspecified atom stereocenters. The molecule has 0 spiro atoms. The molecule has 0 bridgehead atoms. The Morgan fingerprint density at radius 2 is 1.67 bits per heavy atom. The summed E-state index contributed by atoms with van der Waals surface area (Å²) in [5, 5.41) is 0. The van der Waals surface area contributed by atoms with Crippen LogP contribution in [0.1, 0.15) is 30.6 Å². The maximum atomic E-state index is 13.2. The van der Waals surface area contributed by atoms with Gasteiger partial charge in [0.05, 0.1) is 14.2 Å². The van der Waals surface area contributed by atoms with Crippen molar-refractivity contribution >= 4 is 28.8 Å². The highest BCUT2D eigenvalue weighted by Gasteiger charge is 2.54. The number of carbonyl (C=O) groups excluding carboxylic acids is 3. The number of oxazole rings is 1. The van der Waals surface area contributed by atoms with Crippen LogP contribution in [0, 0.1) is 11.3 Å². The third kappa shape index (κ3) is 3.47. The zero-order valence-corrected chi connectivity index (χ0v) is 17.3. The zero-order valence-electron chi connectivity index (χ0n) is 17.3. The van der Waals surface area contributed by atoms with Crippen molar-refractivity contribution in [2.45, 2.75) is 20.3 Å². The second-order valence-corrected chi connectivity index (χ2v) is 6.96. The van der Waals surface area contributed by atoms with E-state index in [1.165, 1.54) is 21.1 Å². The summed E-state index contributed by atoms with van der Waals surface area (Å²) in [6, 6.07) is 14.3. The number of carbonyl (C=O) groups is 3. The zero-order chi connectivity index (χ0) is 21.9. The van der Waals surface area contributed by atoms with Gasteiger partial charge in [0, 0.05) is 17.0 Å². The molecule has 1 aromatic heterocycles. The number of benzene rings is 2. The topological polar surface area (TPSA) is 95.7 Å². The normalized spacial score (nSPS) is 12.4. The second-order valence-electron chi connectivity index (χ2n) is 6.96. The number of aromatic nitrogens is 1. The highest BCUT2D eigenvalue weighted by Crippen LogP contribution is 2.37. The molecule has 0 radical (unpaired) electrons. The van der Waals surface area contributed by atoms with Crippen molar-refractivity contribution in [2.24, 2.45) is 11.3 Å². The average Bonchev–Trinajstić information content (AvgIpc) is 3.22. The molecule has 7 nitrogen and oxygen atoms in total. The molecule has 0 saturated heterocycles. The van der Waals surface area contributed by atoms with E-state index in [1.807, 2.05) is 30.3 Å². The van der Waals surface area contributed by atoms with Gasteiger partial charge in [-0.1, -0.05) is 32.0 Å². The minimum Gasteiger partial charge on any atom is -0.468 e. The molecule has 3 rings (SSSR count). The van der Waals surface area contributed by atoms with E-state index >= 15 is 0 Å². The maximum Gasteiger partial charge on any atom is 0.323 e. The number of rotatable bonds is 7. The molecule has 1 heterocycles. The molecule has 7 heteroatoms. The van der Waals surface area contributed by atoms with E-state index < -0.39 is 29.1 Å². The minimum absolute atomic E-state index is 0.0575. The van der Waals surface area contributed by atoms with Gasteiger partial charge in [0.25, 0.3) is 0 Å². The predicted molar refractivity (Wildman–Crippen MR) is 110 cm³/mol. The third-order valence-electron chi connectivity index (χ3n) is 5.48. The van der Waals surface area contributed by atoms with Crippen LogP contribution in [0.15, 0.2) is 52.9 Å². The molecule has 0 N–H and O–H groups in total. The van der Waals surface area contributed by atoms with Crippen LogP contribution < -0.4 is 0 Å². The number of methoxy groups -OCH3 is 2. The first kappa shape index (κ1) is 21.2. The summed E-state index contributed by atoms with van der Waals surface area (Å²) in [5.41, 5.74) is 0.421. The van der Waals surface area contributed by atoms with Gasteiger partial charge in [-0.05, 0) is 36.8 Å². The van der Waals surface area contributed by atoms with Gasteiger partial charge in [0.2, 0.25) is 5.89 Å². The van der Waals surface area contributed by atoms with Crippen LogP contribution in [-0.4, -0.2) is 36.9 Å². The number of hydrogen-bond donors (Lipinski definition) is 0. The van der Waals surface area contributed by atoms with Gasteiger partial charge in [0.1, 0.15) is 5.52 Å². The summed E-state index contributed by atoms with van der Waals surface area (Å²) in [4.78, 5) is 42.7. The Bertz CT molecular complexity index is 1070. The van der Waals surface area contributed by atoms with E-state index in [1.54, 1.807) is 25.1 Å². The Labute approximate surface area is 174 Å². The van der Waals surface area contributed by atoms with Crippen LogP contribution in [0.3, 0.4) is 0 Å². The molecule has 3 aromatic rings. The molecule has 0 fully saturated rings. The molecule has 156 valence electrons. The predicted octanol–water partition coefficient (Wildman–Crippen LogP) is 4.06. The van der Waals surface area contributed by atoms with Crippen molar-refractivity contribution < 1.29 is 28.3 Å². The number of Topliss-reactive ketones (excluding diaryl/α,β-unsaturated/α-hetero) is 1. The van der Waals surface area contributed by atoms with Crippen molar-refractivity contribution in [1.29, 1.82) is 0 Å². The van der Waals surface area contributed by atoms with Crippen molar-refractivity contribution in [1.82, 2.24) is 4.98 Å². The Morgan fingerprint density at radius 3 is 2.23 bits per heavy atom. The molecule has 0 aliphatic rings. The van der Waals surface area contributed by atoms with Gasteiger partial charge >= 0.3 is 11.9 Å². The van der Waals surface area contributed by atoms with Crippen LogP contribution in [0.5, 0.6) is 0 Å². The minimum atomic E-state index is -1.73. The van der Waals surface area contributed by atoms with Crippen LogP contribution in [0.25, 0.3) is 22.6 Å². The van der Waals surface area contributed by atoms with E-state index in [0.717, 1.165) is 5.56 Å². The number of ketones is 1. The van der Waals surface area contributed by atoms with Gasteiger partial charge in [-0.25, -0.2) is 4.98 Å². The number of nitrogens with zero attached hydrogens (tertiary/aromatic N) is 1. The monoisotopic (exact) mass is 409 g/mol. The molecule has 2 aromatic carbocycles. The summed E-state index contributed by atoms with van der Waals surface area (Å²) in [7, 11) is 2.36. The lowest BCUT2D eigenvalue weighted by Gasteiger charge is -2.31. The molecular weight excluding hydrogens is 386 g/mol. The fraction of sp³-hybridized carbons (Fsp3) is 0.304. The van der Waals surface area contributed by atoms with E-state index in [0.29, 0.717) is 22.6 Å². The number of fused-ring (bicyclic) bond motifs is 1. The molecule has 0 saturated carbocycles. The van der Waals surface area contributed by atoms with Crippen LogP contribution in [0.2, 0.25) is 0 Å². The van der Waals surface area contributed by atoms with Crippen LogP contribution >= 0.6 is 0 Å². The van der Waals surface area contributed by atoms with E-state index in [-0.39, 0.29) is 6.42 Å². The number of hydrogen-bond acceptors (Lipinski definition) is 7. The Hall–Kier alpha value is -3.48. The van der Waals surface area contributed by atoms with Crippen molar-refractivity contribution in [2.75, 3.05) is 14.2 Å². The molecule has 0 aliphatic heterocycles. The lowest BCUT2D eigenvalue weighted by Crippen LogP contribution is -2.48. The highest BCUT2D eigenvalue weighted by atomic mass is 16.5. The van der Waals surface area contributed by atoms with Crippen molar-refractivity contribution in [3.63, 3.8) is 0 Å². The largest absolute Gasteiger partial charge is 0.468 e. The molecule has 30 heavy (non-hydrogen) atoms. The standard InChI is InChI=1S/C23H23NO6/c1-5-23(21(26)28-3,22(27)29-4)14(2)19(25)16-11-12-17-18(13-16)30-20(24-17)15-9-7-6-8-10-15/h6-14H,5H2,1-4H3. The van der Waals surface area contributed by atoms with E-state index in [9.17, 15) is 14.4 Å². The van der Waals surface area contributed by atoms with Crippen molar-refractivity contribution in [3.05, 3.63) is 54.1 Å². The highest BCUT2D eigenvalue weighted by molar-refractivity contribution is 6.09. The summed E-state index contributed by atoms with van der Waals surface area (Å²) in [6.07, 6.45) is 0.0575. The summed E-state index contributed by atoms with van der Waals surface area (Å²) < 4.78 is 15.5. The van der Waals surface area contributed by atoms with E-state index in [4.69, 9.17) is 13.9 Å². The summed E-state index contributed by atoms with van der Waals surface area (Å²) in [5.74, 6) is -2.56. The van der Waals surface area contributed by atoms with Gasteiger partial charge in [0.15, 0.2) is 16.8 Å². The number of esters is 2. The SMILES string of the molecule is CCC(C(=O)OC)(C(=O)OC)C(C)C(=O)c1ccc2nc(-c3ccccc3)oc2c1. The Kier molecular flexibility index (Phi) is 6.01. The lowest BCUT2D eigenvalue weighted by molar-refractivity contribution is -0.172. The van der Waals surface area contributed by atoms with Crippen LogP contribution in [-0.2, 0) is 19.1 Å².